The molecule has 0 saturated heterocycles. The molecule has 3 aromatic carbocycles. The van der Waals surface area contributed by atoms with Crippen LogP contribution < -0.4 is 14.8 Å². The highest BCUT2D eigenvalue weighted by Gasteiger charge is 2.28. The molecule has 4 aromatic rings. The Hall–Kier alpha value is -4.68. The van der Waals surface area contributed by atoms with Gasteiger partial charge in [-0.25, -0.2) is 13.2 Å². The van der Waals surface area contributed by atoms with Gasteiger partial charge < -0.3 is 24.3 Å². The number of sulfonamides is 1. The number of aliphatic carboxylic acids is 1. The maximum atomic E-state index is 13.1. The number of hydrogen-bond acceptors (Lipinski definition) is 8. The van der Waals surface area contributed by atoms with Crippen molar-refractivity contribution in [3.63, 3.8) is 0 Å². The van der Waals surface area contributed by atoms with Crippen molar-refractivity contribution in [2.45, 2.75) is 38.6 Å². The Kier molecular flexibility index (Phi) is 9.52. The minimum absolute atomic E-state index is 0.0531. The van der Waals surface area contributed by atoms with Gasteiger partial charge in [-0.15, -0.1) is 0 Å². The fourth-order valence-electron chi connectivity index (χ4n) is 4.41. The molecule has 0 saturated carbocycles. The number of fused-ring (bicyclic) bond motifs is 1. The summed E-state index contributed by atoms with van der Waals surface area (Å²) in [7, 11) is -4.04. The fourth-order valence-corrected chi connectivity index (χ4v) is 5.75. The number of carboxylic acid groups (broad SMARTS) is 1. The van der Waals surface area contributed by atoms with Crippen LogP contribution in [0.15, 0.2) is 76.0 Å². The largest absolute Gasteiger partial charge is 0.481 e. The Bertz CT molecular complexity index is 1740. The number of hydrogen-bond donors (Lipinski definition) is 3. The van der Waals surface area contributed by atoms with Gasteiger partial charge in [-0.3, -0.25) is 9.59 Å². The minimum Gasteiger partial charge on any atom is -0.481 e. The van der Waals surface area contributed by atoms with E-state index in [4.69, 9.17) is 13.9 Å². The zero-order chi connectivity index (χ0) is 31.3. The number of benzene rings is 3. The van der Waals surface area contributed by atoms with E-state index in [2.05, 4.69) is 10.0 Å². The molecule has 1 aromatic heterocycles. The summed E-state index contributed by atoms with van der Waals surface area (Å²) >= 11 is 0. The SMILES string of the molecule is CCOC(=O)COc1cccc2oc(C(=O)Nc3ccc(-c4ccc(S(=O)(=O)NC(C(=O)O)C(C)C)cc4)cc3)c(C)c12. The smallest absolute Gasteiger partial charge is 0.344 e. The van der Waals surface area contributed by atoms with E-state index >= 15 is 0 Å². The highest BCUT2D eigenvalue weighted by molar-refractivity contribution is 7.89. The molecule has 0 spiro atoms. The summed E-state index contributed by atoms with van der Waals surface area (Å²) in [6.07, 6.45) is 0. The van der Waals surface area contributed by atoms with E-state index < -0.39 is 39.8 Å². The number of amides is 1. The maximum Gasteiger partial charge on any atom is 0.344 e. The number of carbonyl (C=O) groups excluding carboxylic acids is 2. The quantitative estimate of drug-likeness (QED) is 0.188. The summed E-state index contributed by atoms with van der Waals surface area (Å²) in [6.45, 7) is 6.64. The molecule has 0 radical (unpaired) electrons. The summed E-state index contributed by atoms with van der Waals surface area (Å²) in [5.74, 6) is -2.17. The second kappa shape index (κ2) is 13.1. The highest BCUT2D eigenvalue weighted by Crippen LogP contribution is 2.34. The van der Waals surface area contributed by atoms with Crippen LogP contribution in [0.2, 0.25) is 0 Å². The molecule has 0 aliphatic rings. The third-order valence-corrected chi connectivity index (χ3v) is 8.09. The summed E-state index contributed by atoms with van der Waals surface area (Å²) in [5, 5.41) is 12.7. The number of carbonyl (C=O) groups is 3. The highest BCUT2D eigenvalue weighted by atomic mass is 32.2. The van der Waals surface area contributed by atoms with Gasteiger partial charge in [-0.1, -0.05) is 44.2 Å². The molecule has 0 bridgehead atoms. The average molecular weight is 609 g/mol. The van der Waals surface area contributed by atoms with Crippen molar-refractivity contribution in [2.75, 3.05) is 18.5 Å². The van der Waals surface area contributed by atoms with Crippen LogP contribution in [0.25, 0.3) is 22.1 Å². The molecule has 1 unspecified atom stereocenters. The first kappa shape index (κ1) is 31.3. The van der Waals surface area contributed by atoms with Crippen LogP contribution in [-0.4, -0.2) is 50.6 Å². The van der Waals surface area contributed by atoms with E-state index in [1.54, 1.807) is 82.3 Å². The van der Waals surface area contributed by atoms with Crippen LogP contribution in [-0.2, 0) is 24.3 Å². The van der Waals surface area contributed by atoms with Crippen LogP contribution in [0, 0.1) is 12.8 Å². The maximum absolute atomic E-state index is 13.1. The lowest BCUT2D eigenvalue weighted by Crippen LogP contribution is -2.44. The Morgan fingerprint density at radius 3 is 2.16 bits per heavy atom. The Morgan fingerprint density at radius 1 is 0.953 bits per heavy atom. The lowest BCUT2D eigenvalue weighted by Gasteiger charge is -2.18. The van der Waals surface area contributed by atoms with Crippen molar-refractivity contribution in [2.24, 2.45) is 5.92 Å². The second-order valence-electron chi connectivity index (χ2n) is 10.0. The lowest BCUT2D eigenvalue weighted by atomic mass is 10.1. The molecular formula is C31H32N2O9S. The first-order valence-electron chi connectivity index (χ1n) is 13.5. The van der Waals surface area contributed by atoms with Gasteiger partial charge in [0.2, 0.25) is 10.0 Å². The van der Waals surface area contributed by atoms with E-state index in [1.807, 2.05) is 0 Å². The van der Waals surface area contributed by atoms with Gasteiger partial charge in [0, 0.05) is 11.3 Å². The molecule has 4 rings (SSSR count). The van der Waals surface area contributed by atoms with Crippen molar-refractivity contribution >= 4 is 44.5 Å². The van der Waals surface area contributed by atoms with Crippen LogP contribution in [0.1, 0.15) is 36.9 Å². The number of nitrogens with one attached hydrogen (secondary N) is 2. The van der Waals surface area contributed by atoms with E-state index in [9.17, 15) is 27.9 Å². The molecule has 226 valence electrons. The van der Waals surface area contributed by atoms with Crippen LogP contribution in [0.5, 0.6) is 5.75 Å². The number of furan rings is 1. The topological polar surface area (TPSA) is 161 Å². The molecule has 0 fully saturated rings. The molecular weight excluding hydrogens is 576 g/mol. The minimum atomic E-state index is -4.04. The van der Waals surface area contributed by atoms with E-state index in [0.29, 0.717) is 28.0 Å². The second-order valence-corrected chi connectivity index (χ2v) is 11.7. The number of aryl methyl sites for hydroxylation is 1. The average Bonchev–Trinajstić information content (AvgIpc) is 3.32. The lowest BCUT2D eigenvalue weighted by molar-refractivity contribution is -0.145. The van der Waals surface area contributed by atoms with Gasteiger partial charge in [-0.2, -0.15) is 4.72 Å². The van der Waals surface area contributed by atoms with Crippen molar-refractivity contribution in [3.8, 4) is 16.9 Å². The van der Waals surface area contributed by atoms with E-state index in [1.165, 1.54) is 12.1 Å². The monoisotopic (exact) mass is 608 g/mol. The number of rotatable bonds is 12. The van der Waals surface area contributed by atoms with Crippen LogP contribution in [0.4, 0.5) is 5.69 Å². The Balaban J connectivity index is 1.46. The Morgan fingerprint density at radius 2 is 1.58 bits per heavy atom. The van der Waals surface area contributed by atoms with Crippen molar-refractivity contribution < 1.29 is 41.8 Å². The van der Waals surface area contributed by atoms with Crippen LogP contribution in [0.3, 0.4) is 0 Å². The molecule has 0 aliphatic carbocycles. The van der Waals surface area contributed by atoms with Crippen LogP contribution >= 0.6 is 0 Å². The number of anilines is 1. The summed E-state index contributed by atoms with van der Waals surface area (Å²) in [4.78, 5) is 36.2. The molecule has 3 N–H and O–H groups in total. The van der Waals surface area contributed by atoms with Crippen molar-refractivity contribution in [3.05, 3.63) is 78.1 Å². The summed E-state index contributed by atoms with van der Waals surface area (Å²) < 4.78 is 44.0. The zero-order valence-corrected chi connectivity index (χ0v) is 24.9. The molecule has 11 nitrogen and oxygen atoms in total. The van der Waals surface area contributed by atoms with Crippen molar-refractivity contribution in [1.82, 2.24) is 4.72 Å². The third kappa shape index (κ3) is 7.22. The summed E-state index contributed by atoms with van der Waals surface area (Å²) in [6, 6.07) is 16.8. The van der Waals surface area contributed by atoms with Gasteiger partial charge >= 0.3 is 11.9 Å². The van der Waals surface area contributed by atoms with Crippen molar-refractivity contribution in [1.29, 1.82) is 0 Å². The first-order chi connectivity index (χ1) is 20.4. The molecule has 1 heterocycles. The number of esters is 1. The van der Waals surface area contributed by atoms with E-state index in [0.717, 1.165) is 11.1 Å². The van der Waals surface area contributed by atoms with Gasteiger partial charge in [0.15, 0.2) is 12.4 Å². The molecule has 1 atom stereocenters. The standard InChI is InChI=1S/C31H32N2O9S/c1-5-40-26(34)17-41-24-7-6-8-25-27(24)19(4)29(42-25)30(35)32-22-13-9-20(10-14-22)21-11-15-23(16-12-21)43(38,39)33-28(18(2)3)31(36)37/h6-16,18,28,33H,5,17H2,1-4H3,(H,32,35)(H,36,37). The predicted molar refractivity (Wildman–Crippen MR) is 159 cm³/mol. The summed E-state index contributed by atoms with van der Waals surface area (Å²) in [5.41, 5.74) is 2.98. The normalized spacial score (nSPS) is 12.2. The van der Waals surface area contributed by atoms with Gasteiger partial charge in [-0.05, 0) is 67.3 Å². The first-order valence-corrected chi connectivity index (χ1v) is 15.0. The fraction of sp³-hybridized carbons (Fsp3) is 0.258. The number of carboxylic acids is 1. The van der Waals surface area contributed by atoms with Gasteiger partial charge in [0.1, 0.15) is 17.4 Å². The molecule has 1 amide bonds. The third-order valence-electron chi connectivity index (χ3n) is 6.63. The molecule has 12 heteroatoms. The van der Waals surface area contributed by atoms with Gasteiger partial charge in [0.05, 0.1) is 16.9 Å². The Labute approximate surface area is 248 Å². The number of ether oxygens (including phenoxy) is 2. The van der Waals surface area contributed by atoms with E-state index in [-0.39, 0.29) is 23.9 Å². The van der Waals surface area contributed by atoms with Gasteiger partial charge in [0.25, 0.3) is 5.91 Å². The zero-order valence-electron chi connectivity index (χ0n) is 24.0. The molecule has 43 heavy (non-hydrogen) atoms. The molecule has 0 aliphatic heterocycles. The predicted octanol–water partition coefficient (Wildman–Crippen LogP) is 4.99.